The van der Waals surface area contributed by atoms with Crippen molar-refractivity contribution in [3.63, 3.8) is 0 Å². The minimum Gasteiger partial charge on any atom is -0.310 e. The Balaban J connectivity index is 0.972. The van der Waals surface area contributed by atoms with Crippen LogP contribution in [-0.2, 0) is 5.41 Å². The Hall–Kier alpha value is -7.62. The molecule has 13 rings (SSSR count). The van der Waals surface area contributed by atoms with Crippen molar-refractivity contribution in [3.05, 3.63) is 211 Å². The van der Waals surface area contributed by atoms with Gasteiger partial charge in [0.25, 0.3) is 0 Å². The molecule has 0 N–H and O–H groups in total. The Morgan fingerprint density at radius 1 is 0.333 bits per heavy atom. The van der Waals surface area contributed by atoms with E-state index in [-0.39, 0.29) is 5.41 Å². The maximum atomic E-state index is 2.51. The monoisotopic (exact) mass is 765 g/mol. The summed E-state index contributed by atoms with van der Waals surface area (Å²) in [6, 6.07) is 74.0. The van der Waals surface area contributed by atoms with Gasteiger partial charge < -0.3 is 13.7 Å². The molecule has 0 bridgehead atoms. The molecule has 0 spiro atoms. The molecule has 0 unspecified atom stereocenters. The number of hydrogen-bond donors (Lipinski definition) is 0. The number of fused-ring (bicyclic) bond motifs is 12. The third-order valence-electron chi connectivity index (χ3n) is 13.4. The van der Waals surface area contributed by atoms with E-state index in [4.69, 9.17) is 0 Å². The summed E-state index contributed by atoms with van der Waals surface area (Å²) in [6.07, 6.45) is 0. The van der Waals surface area contributed by atoms with Crippen LogP contribution in [0.25, 0.3) is 88.0 Å². The topological polar surface area (TPSA) is 12.1 Å². The predicted octanol–water partition coefficient (Wildman–Crippen LogP) is 15.4. The van der Waals surface area contributed by atoms with Crippen LogP contribution in [0.5, 0.6) is 0 Å². The van der Waals surface area contributed by atoms with E-state index in [9.17, 15) is 0 Å². The van der Waals surface area contributed by atoms with Crippen LogP contribution in [-0.4, -0.2) is 8.80 Å². The number of nitrogens with zero attached hydrogens (tertiary/aromatic N) is 3. The Morgan fingerprint density at radius 2 is 0.833 bits per heavy atom. The van der Waals surface area contributed by atoms with Crippen molar-refractivity contribution >= 4 is 71.7 Å². The molecule has 0 amide bonds. The van der Waals surface area contributed by atoms with Crippen LogP contribution >= 0.6 is 0 Å². The second-order valence-electron chi connectivity index (χ2n) is 17.0. The van der Waals surface area contributed by atoms with E-state index in [1.165, 1.54) is 99.2 Å². The van der Waals surface area contributed by atoms with Crippen LogP contribution in [0.1, 0.15) is 25.0 Å². The number of para-hydroxylation sites is 2. The molecule has 0 saturated carbocycles. The van der Waals surface area contributed by atoms with Gasteiger partial charge in [0.15, 0.2) is 0 Å². The van der Waals surface area contributed by atoms with Crippen molar-refractivity contribution in [2.24, 2.45) is 0 Å². The van der Waals surface area contributed by atoms with Gasteiger partial charge in [-0.1, -0.05) is 153 Å². The zero-order valence-corrected chi connectivity index (χ0v) is 33.4. The van der Waals surface area contributed by atoms with Gasteiger partial charge in [-0.3, -0.25) is 0 Å². The van der Waals surface area contributed by atoms with Crippen molar-refractivity contribution < 1.29 is 0 Å². The van der Waals surface area contributed by atoms with Crippen molar-refractivity contribution in [2.75, 3.05) is 4.90 Å². The summed E-state index contributed by atoms with van der Waals surface area (Å²) in [5.74, 6) is 0. The average molecular weight is 766 g/mol. The van der Waals surface area contributed by atoms with Crippen LogP contribution in [0.3, 0.4) is 0 Å². The van der Waals surface area contributed by atoms with E-state index in [0.717, 1.165) is 17.1 Å². The molecule has 0 aliphatic heterocycles. The van der Waals surface area contributed by atoms with Crippen LogP contribution < -0.4 is 4.90 Å². The van der Waals surface area contributed by atoms with Gasteiger partial charge in [-0.25, -0.2) is 0 Å². The number of rotatable bonds is 5. The van der Waals surface area contributed by atoms with Gasteiger partial charge in [0.1, 0.15) is 0 Å². The molecule has 3 nitrogen and oxygen atoms in total. The average Bonchev–Trinajstić information content (AvgIpc) is 3.91. The van der Waals surface area contributed by atoms with Crippen LogP contribution in [0, 0.1) is 0 Å². The largest absolute Gasteiger partial charge is 0.310 e. The molecule has 60 heavy (non-hydrogen) atoms. The molecule has 3 aromatic heterocycles. The lowest BCUT2D eigenvalue weighted by atomic mass is 9.82. The third-order valence-corrected chi connectivity index (χ3v) is 13.4. The number of hydrogen-bond acceptors (Lipinski definition) is 1. The van der Waals surface area contributed by atoms with Gasteiger partial charge in [-0.05, 0) is 105 Å². The Labute approximate surface area is 348 Å². The summed E-state index contributed by atoms with van der Waals surface area (Å²) in [4.78, 5) is 2.41. The minimum absolute atomic E-state index is 0.100. The van der Waals surface area contributed by atoms with Gasteiger partial charge in [0.05, 0.1) is 33.1 Å². The highest BCUT2D eigenvalue weighted by Crippen LogP contribution is 2.51. The van der Waals surface area contributed by atoms with Gasteiger partial charge in [0, 0.05) is 44.0 Å². The molecular weight excluding hydrogens is 727 g/mol. The molecule has 0 fully saturated rings. The maximum Gasteiger partial charge on any atom is 0.0789 e. The van der Waals surface area contributed by atoms with Crippen LogP contribution in [0.4, 0.5) is 17.1 Å². The number of aromatic nitrogens is 2. The molecular formula is C57H39N3. The highest BCUT2D eigenvalue weighted by molar-refractivity contribution is 6.25. The van der Waals surface area contributed by atoms with Gasteiger partial charge in [-0.2, -0.15) is 0 Å². The Morgan fingerprint density at radius 3 is 1.50 bits per heavy atom. The molecule has 1 aliphatic rings. The fraction of sp³-hybridized carbons (Fsp3) is 0.0526. The lowest BCUT2D eigenvalue weighted by Gasteiger charge is -2.28. The summed E-state index contributed by atoms with van der Waals surface area (Å²) in [6.45, 7) is 4.71. The quantitative estimate of drug-likeness (QED) is 0.159. The summed E-state index contributed by atoms with van der Waals surface area (Å²) >= 11 is 0. The normalized spacial score (nSPS) is 13.3. The number of benzene rings is 9. The lowest BCUT2D eigenvalue weighted by Crippen LogP contribution is -2.16. The van der Waals surface area contributed by atoms with Crippen molar-refractivity contribution in [2.45, 2.75) is 19.3 Å². The molecule has 282 valence electrons. The second kappa shape index (κ2) is 12.2. The molecule has 0 radical (unpaired) electrons. The molecule has 3 heteroatoms. The van der Waals surface area contributed by atoms with E-state index >= 15 is 0 Å². The molecule has 0 atom stereocenters. The zero-order chi connectivity index (χ0) is 39.7. The fourth-order valence-corrected chi connectivity index (χ4v) is 10.6. The van der Waals surface area contributed by atoms with E-state index in [0.29, 0.717) is 0 Å². The first-order valence-corrected chi connectivity index (χ1v) is 20.9. The van der Waals surface area contributed by atoms with Crippen molar-refractivity contribution in [3.8, 4) is 33.4 Å². The molecule has 1 aliphatic carbocycles. The SMILES string of the molecule is CC1(C)c2ccccc2-c2ccc(N(c3ccc(-c4ccccc4)cc3)c3ccc(-c4ccc5c(c4)n4c6ccccc6c6ccc7c8ccccc8n5c7c64)cc3)cc21. The van der Waals surface area contributed by atoms with Gasteiger partial charge in [0.2, 0.25) is 0 Å². The number of anilines is 3. The Kier molecular flexibility index (Phi) is 6.78. The first-order chi connectivity index (χ1) is 29.5. The maximum absolute atomic E-state index is 2.51. The standard InChI is InChI=1S/C57H39N3/c1-57(2)49-17-9-6-14-43(49)44-30-29-42(35-50(44)57)58(40-25-20-37(21-26-40)36-12-4-3-5-13-36)41-27-22-38(23-28-41)39-24-33-53-54(34-39)60-52-19-11-8-16-46(52)48-32-31-47-45-15-7-10-18-51(45)59(53)55(47)56(48)60/h3-35H,1-2H3. The second-order valence-corrected chi connectivity index (χ2v) is 17.0. The zero-order valence-electron chi connectivity index (χ0n) is 33.4. The van der Waals surface area contributed by atoms with E-state index in [1.807, 2.05) is 0 Å². The van der Waals surface area contributed by atoms with Crippen LogP contribution in [0.2, 0.25) is 0 Å². The summed E-state index contributed by atoms with van der Waals surface area (Å²) in [5, 5.41) is 5.15. The molecule has 0 saturated heterocycles. The fourth-order valence-electron chi connectivity index (χ4n) is 10.6. The van der Waals surface area contributed by atoms with Crippen molar-refractivity contribution in [1.29, 1.82) is 0 Å². The first kappa shape index (κ1) is 33.4. The van der Waals surface area contributed by atoms with Crippen molar-refractivity contribution in [1.82, 2.24) is 8.80 Å². The predicted molar refractivity (Wildman–Crippen MR) is 253 cm³/mol. The van der Waals surface area contributed by atoms with Gasteiger partial charge >= 0.3 is 0 Å². The third kappa shape index (κ3) is 4.55. The minimum atomic E-state index is -0.100. The highest BCUT2D eigenvalue weighted by atomic mass is 15.1. The Bertz CT molecular complexity index is 3660. The molecule has 12 aromatic rings. The highest BCUT2D eigenvalue weighted by Gasteiger charge is 2.35. The first-order valence-electron chi connectivity index (χ1n) is 20.9. The summed E-state index contributed by atoms with van der Waals surface area (Å²) < 4.78 is 5.00. The van der Waals surface area contributed by atoms with E-state index in [1.54, 1.807) is 0 Å². The van der Waals surface area contributed by atoms with E-state index in [2.05, 4.69) is 228 Å². The lowest BCUT2D eigenvalue weighted by molar-refractivity contribution is 0.660. The smallest absolute Gasteiger partial charge is 0.0789 e. The van der Waals surface area contributed by atoms with Gasteiger partial charge in [-0.15, -0.1) is 0 Å². The molecule has 3 heterocycles. The van der Waals surface area contributed by atoms with E-state index < -0.39 is 0 Å². The van der Waals surface area contributed by atoms with Crippen LogP contribution in [0.15, 0.2) is 200 Å². The summed E-state index contributed by atoms with van der Waals surface area (Å²) in [7, 11) is 0. The molecule has 9 aromatic carbocycles. The summed E-state index contributed by atoms with van der Waals surface area (Å²) in [5.41, 5.74) is 20.9.